The summed E-state index contributed by atoms with van der Waals surface area (Å²) in [5, 5.41) is 13.4. The Bertz CT molecular complexity index is 520. The number of nitrogens with zero attached hydrogens (tertiary/aromatic N) is 2. The molecule has 0 aromatic carbocycles. The molecule has 0 spiro atoms. The van der Waals surface area contributed by atoms with E-state index in [1.54, 1.807) is 4.90 Å². The topological polar surface area (TPSA) is 69.0 Å². The van der Waals surface area contributed by atoms with Gasteiger partial charge in [0.1, 0.15) is 11.5 Å². The monoisotopic (exact) mass is 337 g/mol. The number of carbonyl (C=O) groups is 1. The van der Waals surface area contributed by atoms with Gasteiger partial charge in [0.2, 0.25) is 0 Å². The summed E-state index contributed by atoms with van der Waals surface area (Å²) >= 11 is 0. The van der Waals surface area contributed by atoms with Crippen molar-refractivity contribution in [3.8, 4) is 0 Å². The number of aliphatic hydroxyl groups is 1. The molecular formula is C18H31N3O3. The van der Waals surface area contributed by atoms with E-state index in [9.17, 15) is 9.90 Å². The molecule has 0 bridgehead atoms. The summed E-state index contributed by atoms with van der Waals surface area (Å²) in [6.07, 6.45) is 0.450. The van der Waals surface area contributed by atoms with Crippen molar-refractivity contribution in [2.75, 3.05) is 32.7 Å². The molecule has 1 fully saturated rings. The minimum atomic E-state index is -0.423. The summed E-state index contributed by atoms with van der Waals surface area (Å²) in [7, 11) is 0. The summed E-state index contributed by atoms with van der Waals surface area (Å²) in [5.74, 6) is 2.02. The van der Waals surface area contributed by atoms with Gasteiger partial charge in [-0.2, -0.15) is 0 Å². The van der Waals surface area contributed by atoms with E-state index < -0.39 is 6.10 Å². The molecule has 0 saturated carbocycles. The molecule has 136 valence electrons. The number of carbonyl (C=O) groups excluding carboxylic acids is 1. The molecule has 2 rings (SSSR count). The van der Waals surface area contributed by atoms with Gasteiger partial charge >= 0.3 is 6.03 Å². The molecule has 2 heterocycles. The first-order valence-electron chi connectivity index (χ1n) is 8.93. The smallest absolute Gasteiger partial charge is 0.317 e. The molecule has 2 amide bonds. The molecule has 1 saturated heterocycles. The quantitative estimate of drug-likeness (QED) is 0.834. The molecule has 0 radical (unpaired) electrons. The number of rotatable bonds is 6. The molecule has 1 aliphatic rings. The average Bonchev–Trinajstić information content (AvgIpc) is 2.85. The van der Waals surface area contributed by atoms with Crippen LogP contribution in [-0.2, 0) is 6.54 Å². The Kier molecular flexibility index (Phi) is 6.69. The number of β-amino-alcohol motifs (C(OH)–C–C–N with tert-alkyl or cyclic N) is 1. The second-order valence-corrected chi connectivity index (χ2v) is 6.66. The average molecular weight is 337 g/mol. The van der Waals surface area contributed by atoms with Crippen molar-refractivity contribution in [1.29, 1.82) is 0 Å². The van der Waals surface area contributed by atoms with E-state index >= 15 is 0 Å². The predicted octanol–water partition coefficient (Wildman–Crippen LogP) is 2.13. The maximum absolute atomic E-state index is 12.0. The van der Waals surface area contributed by atoms with Gasteiger partial charge in [-0.3, -0.25) is 4.90 Å². The van der Waals surface area contributed by atoms with Gasteiger partial charge in [0.15, 0.2) is 0 Å². The van der Waals surface area contributed by atoms with Gasteiger partial charge in [0, 0.05) is 32.1 Å². The summed E-state index contributed by atoms with van der Waals surface area (Å²) < 4.78 is 5.72. The molecule has 6 heteroatoms. The number of furan rings is 1. The second kappa shape index (κ2) is 8.53. The van der Waals surface area contributed by atoms with Crippen LogP contribution in [0.3, 0.4) is 0 Å². The summed E-state index contributed by atoms with van der Waals surface area (Å²) in [6.45, 7) is 12.1. The van der Waals surface area contributed by atoms with Crippen molar-refractivity contribution in [2.24, 2.45) is 5.92 Å². The maximum atomic E-state index is 12.0. The molecule has 24 heavy (non-hydrogen) atoms. The summed E-state index contributed by atoms with van der Waals surface area (Å²) in [5.41, 5.74) is 1.17. The standard InChI is InChI=1S/C18H31N3O3/c1-5-21(6-2)18(23)19-10-15-7-8-20(12-17(15)22)11-16-9-13(3)14(4)24-16/h9,15,17,22H,5-8,10-12H2,1-4H3,(H,19,23)/t15-,17+/m0/s1. The Morgan fingerprint density at radius 3 is 2.67 bits per heavy atom. The zero-order valence-corrected chi connectivity index (χ0v) is 15.3. The van der Waals surface area contributed by atoms with Crippen LogP contribution in [0.25, 0.3) is 0 Å². The van der Waals surface area contributed by atoms with Crippen LogP contribution in [-0.4, -0.2) is 59.8 Å². The summed E-state index contributed by atoms with van der Waals surface area (Å²) in [4.78, 5) is 16.0. The van der Waals surface area contributed by atoms with Crippen LogP contribution in [0.2, 0.25) is 0 Å². The number of hydrogen-bond acceptors (Lipinski definition) is 4. The van der Waals surface area contributed by atoms with Crippen molar-refractivity contribution in [3.63, 3.8) is 0 Å². The van der Waals surface area contributed by atoms with Crippen LogP contribution >= 0.6 is 0 Å². The van der Waals surface area contributed by atoms with Gasteiger partial charge in [0.25, 0.3) is 0 Å². The van der Waals surface area contributed by atoms with E-state index in [1.165, 1.54) is 5.56 Å². The zero-order valence-electron chi connectivity index (χ0n) is 15.3. The van der Waals surface area contributed by atoms with Crippen LogP contribution in [0.1, 0.15) is 37.4 Å². The lowest BCUT2D eigenvalue weighted by molar-refractivity contribution is 0.0171. The number of likely N-dealkylation sites (tertiary alicyclic amines) is 1. The second-order valence-electron chi connectivity index (χ2n) is 6.66. The first kappa shape index (κ1) is 18.8. The lowest BCUT2D eigenvalue weighted by Crippen LogP contribution is -2.49. The lowest BCUT2D eigenvalue weighted by Gasteiger charge is -2.35. The highest BCUT2D eigenvalue weighted by atomic mass is 16.3. The lowest BCUT2D eigenvalue weighted by atomic mass is 9.93. The molecular weight excluding hydrogens is 306 g/mol. The number of urea groups is 1. The minimum absolute atomic E-state index is 0.0452. The van der Waals surface area contributed by atoms with Crippen molar-refractivity contribution < 1.29 is 14.3 Å². The summed E-state index contributed by atoms with van der Waals surface area (Å²) in [6, 6.07) is 2.02. The fourth-order valence-corrected chi connectivity index (χ4v) is 3.22. The molecule has 1 aliphatic heterocycles. The zero-order chi connectivity index (χ0) is 17.7. The van der Waals surface area contributed by atoms with Crippen LogP contribution in [0.4, 0.5) is 4.79 Å². The molecule has 1 aromatic rings. The highest BCUT2D eigenvalue weighted by Gasteiger charge is 2.28. The number of amides is 2. The molecule has 2 atom stereocenters. The Balaban J connectivity index is 1.79. The van der Waals surface area contributed by atoms with Crippen LogP contribution in [0, 0.1) is 19.8 Å². The van der Waals surface area contributed by atoms with Gasteiger partial charge in [-0.05, 0) is 52.3 Å². The van der Waals surface area contributed by atoms with Crippen molar-refractivity contribution in [1.82, 2.24) is 15.1 Å². The Morgan fingerprint density at radius 2 is 2.12 bits per heavy atom. The Hall–Kier alpha value is -1.53. The predicted molar refractivity (Wildman–Crippen MR) is 93.9 cm³/mol. The normalized spacial score (nSPS) is 21.7. The Labute approximate surface area is 144 Å². The van der Waals surface area contributed by atoms with E-state index in [0.717, 1.165) is 31.0 Å². The van der Waals surface area contributed by atoms with Gasteiger partial charge in [-0.25, -0.2) is 4.79 Å². The van der Waals surface area contributed by atoms with Gasteiger partial charge in [0.05, 0.1) is 12.6 Å². The number of hydrogen-bond donors (Lipinski definition) is 2. The van der Waals surface area contributed by atoms with E-state index in [0.29, 0.717) is 26.2 Å². The van der Waals surface area contributed by atoms with E-state index in [-0.39, 0.29) is 11.9 Å². The third kappa shape index (κ3) is 4.74. The largest absolute Gasteiger partial charge is 0.465 e. The van der Waals surface area contributed by atoms with Crippen molar-refractivity contribution in [3.05, 3.63) is 23.2 Å². The molecule has 0 unspecified atom stereocenters. The number of aliphatic hydroxyl groups excluding tert-OH is 1. The number of aryl methyl sites for hydroxylation is 2. The molecule has 2 N–H and O–H groups in total. The fourth-order valence-electron chi connectivity index (χ4n) is 3.22. The van der Waals surface area contributed by atoms with Gasteiger partial charge in [-0.1, -0.05) is 0 Å². The fraction of sp³-hybridized carbons (Fsp3) is 0.722. The van der Waals surface area contributed by atoms with Crippen LogP contribution in [0.15, 0.2) is 10.5 Å². The SMILES string of the molecule is CCN(CC)C(=O)NC[C@@H]1CCN(Cc2cc(C)c(C)o2)C[C@H]1O. The number of nitrogens with one attached hydrogen (secondary N) is 1. The first-order valence-corrected chi connectivity index (χ1v) is 8.93. The maximum Gasteiger partial charge on any atom is 0.317 e. The van der Waals surface area contributed by atoms with Crippen molar-refractivity contribution in [2.45, 2.75) is 46.8 Å². The highest BCUT2D eigenvalue weighted by Crippen LogP contribution is 2.21. The first-order chi connectivity index (χ1) is 11.4. The third-order valence-electron chi connectivity index (χ3n) is 4.97. The van der Waals surface area contributed by atoms with Gasteiger partial charge < -0.3 is 19.7 Å². The van der Waals surface area contributed by atoms with Crippen molar-refractivity contribution >= 4 is 6.03 Å². The molecule has 0 aliphatic carbocycles. The minimum Gasteiger partial charge on any atom is -0.465 e. The number of piperidine rings is 1. The Morgan fingerprint density at radius 1 is 1.42 bits per heavy atom. The van der Waals surface area contributed by atoms with Crippen LogP contribution in [0.5, 0.6) is 0 Å². The molecule has 1 aromatic heterocycles. The van der Waals surface area contributed by atoms with Gasteiger partial charge in [-0.15, -0.1) is 0 Å². The van der Waals surface area contributed by atoms with Crippen LogP contribution < -0.4 is 5.32 Å². The van der Waals surface area contributed by atoms with E-state index in [2.05, 4.69) is 16.3 Å². The third-order valence-corrected chi connectivity index (χ3v) is 4.97. The highest BCUT2D eigenvalue weighted by molar-refractivity contribution is 5.74. The van der Waals surface area contributed by atoms with E-state index in [4.69, 9.17) is 4.42 Å². The van der Waals surface area contributed by atoms with E-state index in [1.807, 2.05) is 27.7 Å². The molecule has 6 nitrogen and oxygen atoms in total.